The van der Waals surface area contributed by atoms with Crippen molar-refractivity contribution in [2.75, 3.05) is 6.61 Å². The molecule has 2 aromatic carbocycles. The van der Waals surface area contributed by atoms with Gasteiger partial charge in [-0.1, -0.05) is 23.2 Å². The molecule has 1 aromatic heterocycles. The zero-order chi connectivity index (χ0) is 23.4. The summed E-state index contributed by atoms with van der Waals surface area (Å²) < 4.78 is 24.5. The average molecular weight is 493 g/mol. The van der Waals surface area contributed by atoms with Crippen molar-refractivity contribution in [2.45, 2.75) is 38.3 Å². The van der Waals surface area contributed by atoms with Crippen molar-refractivity contribution in [3.05, 3.63) is 64.1 Å². The normalized spacial score (nSPS) is 18.2. The van der Waals surface area contributed by atoms with Crippen molar-refractivity contribution in [3.63, 3.8) is 0 Å². The molecule has 1 heterocycles. The molecule has 0 unspecified atom stereocenters. The van der Waals surface area contributed by atoms with Gasteiger partial charge in [-0.25, -0.2) is 4.39 Å². The minimum atomic E-state index is -0.601. The van der Waals surface area contributed by atoms with Crippen molar-refractivity contribution in [3.8, 4) is 5.75 Å². The average Bonchev–Trinajstić information content (AvgIpc) is 3.21. The number of furan rings is 1. The molecule has 1 fully saturated rings. The van der Waals surface area contributed by atoms with Crippen LogP contribution >= 0.6 is 23.2 Å². The Hall–Kier alpha value is -2.77. The minimum Gasteiger partial charge on any atom is -0.484 e. The maximum absolute atomic E-state index is 13.4. The summed E-state index contributed by atoms with van der Waals surface area (Å²) in [5.41, 5.74) is 0.727. The third kappa shape index (κ3) is 6.18. The van der Waals surface area contributed by atoms with Crippen molar-refractivity contribution in [2.24, 2.45) is 5.92 Å². The summed E-state index contributed by atoms with van der Waals surface area (Å²) in [6.45, 7) is 0.0919. The minimum absolute atomic E-state index is 0.00454. The summed E-state index contributed by atoms with van der Waals surface area (Å²) in [4.78, 5) is 24.7. The number of carbonyl (C=O) groups excluding carboxylic acids is 2. The number of carbonyl (C=O) groups is 2. The van der Waals surface area contributed by atoms with E-state index in [1.807, 2.05) is 12.1 Å². The number of rotatable bonds is 7. The number of ether oxygens (including phenoxy) is 1. The standard InChI is InChI=1S/C24H23Cl2FN2O4/c25-16-3-8-22-15(9-16)10-19(33-22)12-28-24(31)14-1-4-17(5-2-14)29-23(30)13-32-18-6-7-20(26)21(27)11-18/h3,6-11,14,17H,1-2,4-5,12-13H2,(H,28,31)(H,29,30). The molecule has 3 aromatic rings. The van der Waals surface area contributed by atoms with Gasteiger partial charge in [0.15, 0.2) is 6.61 Å². The van der Waals surface area contributed by atoms with Crippen LogP contribution in [0.3, 0.4) is 0 Å². The van der Waals surface area contributed by atoms with Gasteiger partial charge in [0.25, 0.3) is 5.91 Å². The van der Waals surface area contributed by atoms with E-state index in [9.17, 15) is 14.0 Å². The first-order chi connectivity index (χ1) is 15.9. The highest BCUT2D eigenvalue weighted by molar-refractivity contribution is 6.31. The lowest BCUT2D eigenvalue weighted by Gasteiger charge is -2.28. The number of fused-ring (bicyclic) bond motifs is 1. The fourth-order valence-electron chi connectivity index (χ4n) is 3.96. The number of hydrogen-bond acceptors (Lipinski definition) is 4. The van der Waals surface area contributed by atoms with Gasteiger partial charge < -0.3 is 19.8 Å². The molecule has 9 heteroatoms. The van der Waals surface area contributed by atoms with Crippen molar-refractivity contribution < 1.29 is 23.1 Å². The van der Waals surface area contributed by atoms with Crippen LogP contribution in [-0.2, 0) is 16.1 Å². The highest BCUT2D eigenvalue weighted by atomic mass is 35.5. The van der Waals surface area contributed by atoms with E-state index in [1.165, 1.54) is 12.1 Å². The molecule has 6 nitrogen and oxygen atoms in total. The van der Waals surface area contributed by atoms with E-state index >= 15 is 0 Å². The van der Waals surface area contributed by atoms with Crippen molar-refractivity contribution in [1.29, 1.82) is 0 Å². The molecule has 1 saturated carbocycles. The Morgan fingerprint density at radius 2 is 1.85 bits per heavy atom. The Morgan fingerprint density at radius 1 is 1.06 bits per heavy atom. The molecular weight excluding hydrogens is 470 g/mol. The molecule has 0 bridgehead atoms. The van der Waals surface area contributed by atoms with E-state index in [4.69, 9.17) is 32.4 Å². The molecule has 0 spiro atoms. The van der Waals surface area contributed by atoms with Crippen LogP contribution in [0, 0.1) is 11.7 Å². The van der Waals surface area contributed by atoms with E-state index in [-0.39, 0.29) is 41.2 Å². The number of nitrogens with one attached hydrogen (secondary N) is 2. The number of halogens is 3. The lowest BCUT2D eigenvalue weighted by Crippen LogP contribution is -2.42. The Labute approximate surface area is 200 Å². The van der Waals surface area contributed by atoms with Crippen molar-refractivity contribution in [1.82, 2.24) is 10.6 Å². The first-order valence-corrected chi connectivity index (χ1v) is 11.5. The highest BCUT2D eigenvalue weighted by Gasteiger charge is 2.27. The van der Waals surface area contributed by atoms with Gasteiger partial charge in [-0.15, -0.1) is 0 Å². The molecular formula is C24H23Cl2FN2O4. The molecule has 174 valence electrons. The monoisotopic (exact) mass is 492 g/mol. The molecule has 1 aliphatic carbocycles. The quantitative estimate of drug-likeness (QED) is 0.471. The molecule has 0 aliphatic heterocycles. The van der Waals surface area contributed by atoms with E-state index < -0.39 is 5.82 Å². The molecule has 2 amide bonds. The van der Waals surface area contributed by atoms with Gasteiger partial charge in [0.2, 0.25) is 5.91 Å². The summed E-state index contributed by atoms with van der Waals surface area (Å²) in [6.07, 6.45) is 2.75. The maximum Gasteiger partial charge on any atom is 0.258 e. The highest BCUT2D eigenvalue weighted by Crippen LogP contribution is 2.26. The van der Waals surface area contributed by atoms with Crippen LogP contribution in [0.4, 0.5) is 4.39 Å². The van der Waals surface area contributed by atoms with E-state index in [2.05, 4.69) is 10.6 Å². The van der Waals surface area contributed by atoms with Crippen LogP contribution in [0.2, 0.25) is 10.0 Å². The zero-order valence-corrected chi connectivity index (χ0v) is 19.2. The number of hydrogen-bond donors (Lipinski definition) is 2. The fraction of sp³-hybridized carbons (Fsp3) is 0.333. The topological polar surface area (TPSA) is 80.6 Å². The van der Waals surface area contributed by atoms with Gasteiger partial charge >= 0.3 is 0 Å². The summed E-state index contributed by atoms with van der Waals surface area (Å²) in [5.74, 6) is -0.113. The second kappa shape index (κ2) is 10.4. The SMILES string of the molecule is O=C(COc1ccc(Cl)c(F)c1)NC1CCC(C(=O)NCc2cc3cc(Cl)ccc3o2)CC1. The maximum atomic E-state index is 13.4. The van der Waals surface area contributed by atoms with Gasteiger partial charge in [0.1, 0.15) is 22.9 Å². The van der Waals surface area contributed by atoms with Gasteiger partial charge in [-0.2, -0.15) is 0 Å². The van der Waals surface area contributed by atoms with E-state index in [0.717, 1.165) is 17.0 Å². The van der Waals surface area contributed by atoms with Crippen LogP contribution in [0.1, 0.15) is 31.4 Å². The second-order valence-corrected chi connectivity index (χ2v) is 8.94. The molecule has 0 atom stereocenters. The Kier molecular flexibility index (Phi) is 7.40. The van der Waals surface area contributed by atoms with Gasteiger partial charge in [0, 0.05) is 28.4 Å². The lowest BCUT2D eigenvalue weighted by molar-refractivity contribution is -0.126. The Bertz CT molecular complexity index is 1160. The largest absolute Gasteiger partial charge is 0.484 e. The predicted octanol–water partition coefficient (Wildman–Crippen LogP) is 5.25. The van der Waals surface area contributed by atoms with Gasteiger partial charge in [0.05, 0.1) is 11.6 Å². The van der Waals surface area contributed by atoms with Crippen molar-refractivity contribution >= 4 is 46.0 Å². The van der Waals surface area contributed by atoms with E-state index in [0.29, 0.717) is 43.0 Å². The lowest BCUT2D eigenvalue weighted by atomic mass is 9.85. The molecule has 1 aliphatic rings. The van der Waals surface area contributed by atoms with Crippen LogP contribution in [-0.4, -0.2) is 24.5 Å². The van der Waals surface area contributed by atoms with E-state index in [1.54, 1.807) is 12.1 Å². The molecule has 33 heavy (non-hydrogen) atoms. The molecule has 4 rings (SSSR count). The zero-order valence-electron chi connectivity index (χ0n) is 17.7. The second-order valence-electron chi connectivity index (χ2n) is 8.09. The predicted molar refractivity (Wildman–Crippen MR) is 124 cm³/mol. The van der Waals surface area contributed by atoms with Crippen LogP contribution in [0.5, 0.6) is 5.75 Å². The number of benzene rings is 2. The fourth-order valence-corrected chi connectivity index (χ4v) is 4.26. The Balaban J connectivity index is 1.18. The summed E-state index contributed by atoms with van der Waals surface area (Å²) >= 11 is 11.6. The number of amides is 2. The summed E-state index contributed by atoms with van der Waals surface area (Å²) in [5, 5.41) is 7.37. The molecule has 2 N–H and O–H groups in total. The molecule has 0 radical (unpaired) electrons. The van der Waals surface area contributed by atoms with Gasteiger partial charge in [-0.05, 0) is 62.1 Å². The smallest absolute Gasteiger partial charge is 0.258 e. The first kappa shape index (κ1) is 23.4. The summed E-state index contributed by atoms with van der Waals surface area (Å²) in [7, 11) is 0. The Morgan fingerprint density at radius 3 is 2.61 bits per heavy atom. The van der Waals surface area contributed by atoms with Crippen LogP contribution < -0.4 is 15.4 Å². The van der Waals surface area contributed by atoms with Crippen LogP contribution in [0.15, 0.2) is 46.9 Å². The van der Waals surface area contributed by atoms with Gasteiger partial charge in [-0.3, -0.25) is 9.59 Å². The third-order valence-corrected chi connectivity index (χ3v) is 6.23. The molecule has 0 saturated heterocycles. The van der Waals surface area contributed by atoms with Crippen LogP contribution in [0.25, 0.3) is 11.0 Å². The summed E-state index contributed by atoms with van der Waals surface area (Å²) in [6, 6.07) is 11.2. The first-order valence-electron chi connectivity index (χ1n) is 10.7. The third-order valence-electron chi connectivity index (χ3n) is 5.69.